The van der Waals surface area contributed by atoms with Crippen LogP contribution in [0.4, 0.5) is 0 Å². The van der Waals surface area contributed by atoms with Gasteiger partial charge in [0.05, 0.1) is 0 Å². The number of fused-ring (bicyclic) bond motifs is 5. The van der Waals surface area contributed by atoms with Gasteiger partial charge in [-0.15, -0.1) is 0 Å². The molecular weight excluding hydrogens is 436 g/mol. The van der Waals surface area contributed by atoms with Crippen LogP contribution in [-0.4, -0.2) is 73.5 Å². The number of rotatable bonds is 3. The van der Waals surface area contributed by atoms with Gasteiger partial charge in [-0.3, -0.25) is 9.59 Å². The summed E-state index contributed by atoms with van der Waals surface area (Å²) in [7, 11) is 0. The average molecular weight is 483 g/mol. The molecule has 3 aliphatic carbocycles. The number of hydrogen-bond acceptors (Lipinski definition) is 4. The number of amides is 2. The minimum absolute atomic E-state index is 0.0759. The Morgan fingerprint density at radius 1 is 0.971 bits per heavy atom. The van der Waals surface area contributed by atoms with E-state index in [9.17, 15) is 9.59 Å². The van der Waals surface area contributed by atoms with E-state index in [0.717, 1.165) is 44.9 Å². The average Bonchev–Trinajstić information content (AvgIpc) is 3.22. The Morgan fingerprint density at radius 3 is 2.51 bits per heavy atom. The standard InChI is InChI=1S/C29H46N4O2/c1-28-11-7-23-21(3-6-25-29(23,2)12-8-26(34)31-25)22(28)4-5-24(28)27(35)33-15-9-20(10-16-33)19-32-17-13-30-14-18-32/h8,12,20-25,30H,3-7,9-11,13-19H2,1-2H3,(H,31,34)/t21-,22-,23-,24+,25+,28-,29+/m0/s1. The number of piperidine rings is 1. The Balaban J connectivity index is 1.10. The predicted molar refractivity (Wildman–Crippen MR) is 138 cm³/mol. The van der Waals surface area contributed by atoms with Crippen LogP contribution in [0.5, 0.6) is 0 Å². The Labute approximate surface area is 211 Å². The van der Waals surface area contributed by atoms with Crippen LogP contribution >= 0.6 is 0 Å². The summed E-state index contributed by atoms with van der Waals surface area (Å²) < 4.78 is 0. The smallest absolute Gasteiger partial charge is 0.243 e. The fraction of sp³-hybridized carbons (Fsp3) is 0.862. The lowest BCUT2D eigenvalue weighted by atomic mass is 9.48. The maximum atomic E-state index is 13.9. The topological polar surface area (TPSA) is 64.7 Å². The van der Waals surface area contributed by atoms with Crippen molar-refractivity contribution in [3.8, 4) is 0 Å². The Kier molecular flexibility index (Phi) is 6.28. The molecule has 35 heavy (non-hydrogen) atoms. The summed E-state index contributed by atoms with van der Waals surface area (Å²) in [5.41, 5.74) is 0.229. The Hall–Kier alpha value is -1.40. The molecule has 0 spiro atoms. The summed E-state index contributed by atoms with van der Waals surface area (Å²) in [5.74, 6) is 3.49. The molecule has 6 aliphatic rings. The first-order chi connectivity index (χ1) is 16.9. The molecule has 6 rings (SSSR count). The minimum atomic E-state index is 0.0759. The van der Waals surface area contributed by atoms with E-state index in [0.29, 0.717) is 23.7 Å². The van der Waals surface area contributed by atoms with Gasteiger partial charge in [-0.1, -0.05) is 19.9 Å². The fourth-order valence-corrected chi connectivity index (χ4v) is 9.55. The van der Waals surface area contributed by atoms with Gasteiger partial charge in [0.2, 0.25) is 11.8 Å². The van der Waals surface area contributed by atoms with E-state index >= 15 is 0 Å². The first-order valence-corrected chi connectivity index (χ1v) is 14.6. The molecular formula is C29H46N4O2. The molecule has 2 N–H and O–H groups in total. The second-order valence-electron chi connectivity index (χ2n) is 13.2. The highest BCUT2D eigenvalue weighted by Crippen LogP contribution is 2.65. The predicted octanol–water partition coefficient (Wildman–Crippen LogP) is 3.04. The molecule has 5 fully saturated rings. The lowest BCUT2D eigenvalue weighted by molar-refractivity contribution is -0.145. The highest BCUT2D eigenvalue weighted by Gasteiger charge is 2.61. The van der Waals surface area contributed by atoms with Gasteiger partial charge in [0.25, 0.3) is 0 Å². The number of nitrogens with zero attached hydrogens (tertiary/aromatic N) is 2. The second-order valence-corrected chi connectivity index (χ2v) is 13.2. The summed E-state index contributed by atoms with van der Waals surface area (Å²) in [4.78, 5) is 30.7. The normalized spacial score (nSPS) is 44.3. The monoisotopic (exact) mass is 482 g/mol. The highest BCUT2D eigenvalue weighted by molar-refractivity contribution is 5.89. The number of carbonyl (C=O) groups excluding carboxylic acids is 2. The van der Waals surface area contributed by atoms with Gasteiger partial charge in [0, 0.05) is 63.2 Å². The number of nitrogens with one attached hydrogen (secondary N) is 2. The fourth-order valence-electron chi connectivity index (χ4n) is 9.55. The van der Waals surface area contributed by atoms with Crippen LogP contribution in [-0.2, 0) is 9.59 Å². The van der Waals surface area contributed by atoms with Crippen molar-refractivity contribution in [3.63, 3.8) is 0 Å². The Morgan fingerprint density at radius 2 is 1.74 bits per heavy atom. The van der Waals surface area contributed by atoms with Gasteiger partial charge < -0.3 is 20.4 Å². The van der Waals surface area contributed by atoms with E-state index in [1.54, 1.807) is 6.08 Å². The van der Waals surface area contributed by atoms with Gasteiger partial charge in [-0.05, 0) is 86.5 Å². The van der Waals surface area contributed by atoms with Crippen LogP contribution < -0.4 is 10.6 Å². The summed E-state index contributed by atoms with van der Waals surface area (Å²) in [6.07, 6.45) is 13.3. The number of piperazine rings is 1. The van der Waals surface area contributed by atoms with E-state index < -0.39 is 0 Å². The third-order valence-electron chi connectivity index (χ3n) is 11.6. The molecule has 3 saturated carbocycles. The van der Waals surface area contributed by atoms with Crippen molar-refractivity contribution in [1.29, 1.82) is 0 Å². The van der Waals surface area contributed by atoms with Crippen molar-refractivity contribution in [1.82, 2.24) is 20.4 Å². The molecule has 0 aromatic heterocycles. The SMILES string of the molecule is C[C@]12C=CC(=O)N[C@@H]1CC[C@@H]1[C@@H]2CC[C@]2(C)[C@@H](C(=O)N3CCC(CN4CCNCC4)CC3)CC[C@@H]12. The molecule has 6 heteroatoms. The lowest BCUT2D eigenvalue weighted by Gasteiger charge is -2.58. The van der Waals surface area contributed by atoms with E-state index in [-0.39, 0.29) is 28.7 Å². The van der Waals surface area contributed by atoms with Crippen molar-refractivity contribution in [2.24, 2.45) is 40.4 Å². The van der Waals surface area contributed by atoms with E-state index in [1.807, 2.05) is 0 Å². The lowest BCUT2D eigenvalue weighted by Crippen LogP contribution is -2.59. The van der Waals surface area contributed by atoms with Crippen LogP contribution in [0, 0.1) is 40.4 Å². The third-order valence-corrected chi connectivity index (χ3v) is 11.6. The number of likely N-dealkylation sites (tertiary alicyclic amines) is 1. The van der Waals surface area contributed by atoms with Crippen LogP contribution in [0.2, 0.25) is 0 Å². The van der Waals surface area contributed by atoms with Gasteiger partial charge in [0.1, 0.15) is 0 Å². The number of hydrogen-bond donors (Lipinski definition) is 2. The molecule has 0 bridgehead atoms. The quantitative estimate of drug-likeness (QED) is 0.649. The molecule has 7 atom stereocenters. The van der Waals surface area contributed by atoms with Crippen molar-refractivity contribution in [2.75, 3.05) is 45.8 Å². The summed E-state index contributed by atoms with van der Waals surface area (Å²) in [6, 6.07) is 0.284. The van der Waals surface area contributed by atoms with Crippen LogP contribution in [0.1, 0.15) is 65.2 Å². The zero-order chi connectivity index (χ0) is 24.2. The highest BCUT2D eigenvalue weighted by atomic mass is 16.2. The van der Waals surface area contributed by atoms with Crippen molar-refractivity contribution >= 4 is 11.8 Å². The first-order valence-electron chi connectivity index (χ1n) is 14.6. The molecule has 0 radical (unpaired) electrons. The van der Waals surface area contributed by atoms with E-state index in [2.05, 4.69) is 40.4 Å². The van der Waals surface area contributed by atoms with Crippen LogP contribution in [0.3, 0.4) is 0 Å². The largest absolute Gasteiger partial charge is 0.349 e. The van der Waals surface area contributed by atoms with Crippen LogP contribution in [0.15, 0.2) is 12.2 Å². The van der Waals surface area contributed by atoms with Gasteiger partial charge in [-0.25, -0.2) is 0 Å². The van der Waals surface area contributed by atoms with Crippen molar-refractivity contribution in [2.45, 2.75) is 71.3 Å². The zero-order valence-corrected chi connectivity index (χ0v) is 21.9. The Bertz CT molecular complexity index is 861. The second kappa shape index (κ2) is 9.16. The molecule has 3 heterocycles. The van der Waals surface area contributed by atoms with Gasteiger partial charge in [-0.2, -0.15) is 0 Å². The summed E-state index contributed by atoms with van der Waals surface area (Å²) in [6.45, 7) is 12.6. The van der Waals surface area contributed by atoms with Gasteiger partial charge in [0.15, 0.2) is 0 Å². The maximum absolute atomic E-state index is 13.9. The van der Waals surface area contributed by atoms with Crippen molar-refractivity contribution < 1.29 is 9.59 Å². The van der Waals surface area contributed by atoms with E-state index in [4.69, 9.17) is 0 Å². The minimum Gasteiger partial charge on any atom is -0.349 e. The molecule has 0 aromatic carbocycles. The van der Waals surface area contributed by atoms with Crippen LogP contribution in [0.25, 0.3) is 0 Å². The molecule has 0 aromatic rings. The molecule has 6 nitrogen and oxygen atoms in total. The summed E-state index contributed by atoms with van der Waals surface area (Å²) >= 11 is 0. The summed E-state index contributed by atoms with van der Waals surface area (Å²) in [5, 5.41) is 6.72. The van der Waals surface area contributed by atoms with Gasteiger partial charge >= 0.3 is 0 Å². The first kappa shape index (κ1) is 24.0. The van der Waals surface area contributed by atoms with Crippen molar-refractivity contribution in [3.05, 3.63) is 12.2 Å². The zero-order valence-electron chi connectivity index (χ0n) is 21.9. The molecule has 3 aliphatic heterocycles. The van der Waals surface area contributed by atoms with E-state index in [1.165, 1.54) is 58.2 Å². The molecule has 2 amide bonds. The molecule has 2 saturated heterocycles. The third kappa shape index (κ3) is 4.07. The number of carbonyl (C=O) groups is 2. The molecule has 194 valence electrons. The maximum Gasteiger partial charge on any atom is 0.243 e. The molecule has 0 unspecified atom stereocenters.